The fourth-order valence-corrected chi connectivity index (χ4v) is 34.8. The predicted molar refractivity (Wildman–Crippen MR) is 178 cm³/mol. The minimum Gasteiger partial charge on any atom is -0.147 e. The monoisotopic (exact) mass is 704 g/mol. The molecule has 0 heterocycles. The van der Waals surface area contributed by atoms with Crippen LogP contribution in [0.4, 0.5) is 0 Å². The standard InChI is InChI=1S/C18H15.C16H13.2CH3.2ClH.GeH2.Zr/c1-2-5-14(6-3-1)17-8-4-7-15-11-16(12-18(15)17)13-9-10-13;1-12-10-14-8-5-9-15(16(14)11-12)13-6-3-2-4-7-13;;;;;;/h1-8,11-13H,9-10H2;2-11H,1H3;2*1H3;2*1H;1H2;. The van der Waals surface area contributed by atoms with E-state index in [4.69, 9.17) is 0 Å². The Bertz CT molecular complexity index is 1710. The van der Waals surface area contributed by atoms with Crippen molar-refractivity contribution in [2.75, 3.05) is 0 Å². The molecule has 0 spiro atoms. The van der Waals surface area contributed by atoms with Crippen molar-refractivity contribution in [3.63, 3.8) is 0 Å². The van der Waals surface area contributed by atoms with Gasteiger partial charge in [0.15, 0.2) is 0 Å². The van der Waals surface area contributed by atoms with Gasteiger partial charge in [-0.3, -0.25) is 0 Å². The van der Waals surface area contributed by atoms with E-state index in [0.717, 1.165) is 5.92 Å². The maximum Gasteiger partial charge on any atom is -0.147 e. The maximum absolute atomic E-state index is 3.44. The summed E-state index contributed by atoms with van der Waals surface area (Å²) < 4.78 is 6.88. The third-order valence-electron chi connectivity index (χ3n) is 9.49. The van der Waals surface area contributed by atoms with Gasteiger partial charge in [-0.2, -0.15) is 0 Å². The average molecular weight is 705 g/mol. The van der Waals surface area contributed by atoms with Gasteiger partial charge in [-0.15, -0.1) is 24.8 Å². The van der Waals surface area contributed by atoms with Crippen LogP contribution in [0, 0.1) is 5.92 Å². The van der Waals surface area contributed by atoms with Gasteiger partial charge in [0.05, 0.1) is 0 Å². The van der Waals surface area contributed by atoms with Gasteiger partial charge in [0.1, 0.15) is 0 Å². The fraction of sp³-hybridized carbons (Fsp3) is 0.222. The van der Waals surface area contributed by atoms with E-state index in [9.17, 15) is 0 Å². The number of rotatable bonds is 5. The number of hydrogen-bond acceptors (Lipinski definition) is 0. The zero-order chi connectivity index (χ0) is 26.1. The molecule has 204 valence electrons. The molecule has 4 aromatic rings. The van der Waals surface area contributed by atoms with Crippen molar-refractivity contribution in [2.24, 2.45) is 5.92 Å². The fourth-order valence-electron chi connectivity index (χ4n) is 7.97. The quantitative estimate of drug-likeness (QED) is 0.182. The van der Waals surface area contributed by atoms with Crippen LogP contribution in [0.2, 0.25) is 9.26 Å². The summed E-state index contributed by atoms with van der Waals surface area (Å²) in [6.45, 7) is 2.44. The summed E-state index contributed by atoms with van der Waals surface area (Å²) in [5.41, 5.74) is 15.1. The number of benzene rings is 4. The first-order valence-corrected chi connectivity index (χ1v) is 32.4. The van der Waals surface area contributed by atoms with E-state index >= 15 is 0 Å². The Morgan fingerprint density at radius 2 is 1.07 bits per heavy atom. The summed E-state index contributed by atoms with van der Waals surface area (Å²) in [6, 6.07) is 36.3. The van der Waals surface area contributed by atoms with E-state index in [0.29, 0.717) is 7.25 Å². The van der Waals surface area contributed by atoms with Crippen LogP contribution in [-0.2, 0) is 15.7 Å². The van der Waals surface area contributed by atoms with Crippen LogP contribution in [0.5, 0.6) is 0 Å². The van der Waals surface area contributed by atoms with Crippen LogP contribution in [0.15, 0.2) is 108 Å². The summed E-state index contributed by atoms with van der Waals surface area (Å²) in [5.74, 6) is 0.788. The molecule has 2 atom stereocenters. The van der Waals surface area contributed by atoms with E-state index in [1.807, 2.05) is 0 Å². The second-order valence-electron chi connectivity index (χ2n) is 13.0. The number of hydrogen-bond donors (Lipinski definition) is 0. The van der Waals surface area contributed by atoms with Crippen molar-refractivity contribution in [2.45, 2.75) is 36.3 Å². The Balaban J connectivity index is 0.00000161. The summed E-state index contributed by atoms with van der Waals surface area (Å²) in [5, 5.41) is 0. The topological polar surface area (TPSA) is 0 Å². The van der Waals surface area contributed by atoms with E-state index in [-0.39, 0.29) is 24.8 Å². The molecule has 1 fully saturated rings. The minimum atomic E-state index is -3.44. The molecule has 0 nitrogen and oxygen atoms in total. The van der Waals surface area contributed by atoms with E-state index in [2.05, 4.69) is 125 Å². The number of allylic oxidation sites excluding steroid dienone is 2. The first-order chi connectivity index (χ1) is 18.3. The summed E-state index contributed by atoms with van der Waals surface area (Å²) in [4.78, 5) is 0. The molecule has 4 heteroatoms. The van der Waals surface area contributed by atoms with Crippen LogP contribution in [0.3, 0.4) is 0 Å². The van der Waals surface area contributed by atoms with Crippen LogP contribution in [0.25, 0.3) is 34.4 Å². The average Bonchev–Trinajstić information content (AvgIpc) is 3.58. The molecule has 0 saturated heterocycles. The second-order valence-corrected chi connectivity index (χ2v) is 57.9. The first-order valence-electron chi connectivity index (χ1n) is 14.2. The third-order valence-corrected chi connectivity index (χ3v) is 32.4. The molecule has 0 bridgehead atoms. The summed E-state index contributed by atoms with van der Waals surface area (Å²) >= 11 is -2.00. The molecule has 3 aliphatic rings. The van der Waals surface area contributed by atoms with E-state index in [1.165, 1.54) is 58.4 Å². The molecule has 0 radical (unpaired) electrons. The molecule has 40 heavy (non-hydrogen) atoms. The second kappa shape index (κ2) is 10.9. The maximum atomic E-state index is 2.82. The third kappa shape index (κ3) is 4.80. The van der Waals surface area contributed by atoms with Gasteiger partial charge < -0.3 is 0 Å². The van der Waals surface area contributed by atoms with Crippen molar-refractivity contribution in [1.82, 2.24) is 0 Å². The molecular formula is C36H38Cl2GeZr. The number of fused-ring (bicyclic) bond motifs is 2. The van der Waals surface area contributed by atoms with Crippen molar-refractivity contribution in [3.8, 4) is 22.3 Å². The molecule has 1 saturated carbocycles. The molecule has 0 aromatic heterocycles. The van der Waals surface area contributed by atoms with Crippen molar-refractivity contribution >= 4 is 49.1 Å². The normalized spacial score (nSPS) is 19.5. The minimum absolute atomic E-state index is 0. The largest absolute Gasteiger partial charge is 0.147 e. The van der Waals surface area contributed by atoms with Gasteiger partial charge in [-0.05, 0) is 0 Å². The van der Waals surface area contributed by atoms with Crippen LogP contribution in [-0.4, -0.2) is 12.1 Å². The van der Waals surface area contributed by atoms with Crippen molar-refractivity contribution in [3.05, 3.63) is 130 Å². The Labute approximate surface area is 257 Å². The van der Waals surface area contributed by atoms with E-state index in [1.54, 1.807) is 22.3 Å². The molecule has 0 aliphatic heterocycles. The van der Waals surface area contributed by atoms with Crippen molar-refractivity contribution in [1.29, 1.82) is 0 Å². The molecule has 4 aromatic carbocycles. The molecule has 3 aliphatic carbocycles. The first kappa shape index (κ1) is 29.8. The van der Waals surface area contributed by atoms with Crippen LogP contribution >= 0.6 is 24.8 Å². The Kier molecular flexibility index (Phi) is 8.12. The molecule has 2 unspecified atom stereocenters. The Morgan fingerprint density at radius 3 is 1.57 bits per heavy atom. The van der Waals surface area contributed by atoms with Crippen molar-refractivity contribution < 1.29 is 15.7 Å². The zero-order valence-corrected chi connectivity index (χ0v) is 30.6. The Morgan fingerprint density at radius 1 is 0.600 bits per heavy atom. The van der Waals surface area contributed by atoms with Gasteiger partial charge in [0, 0.05) is 0 Å². The predicted octanol–water partition coefficient (Wildman–Crippen LogP) is 10.2. The Hall–Kier alpha value is -1.63. The van der Waals surface area contributed by atoms with Gasteiger partial charge in [-0.1, -0.05) is 0 Å². The summed E-state index contributed by atoms with van der Waals surface area (Å²) in [6.07, 6.45) is 7.95. The molecule has 0 N–H and O–H groups in total. The number of halogens is 2. The van der Waals surface area contributed by atoms with Crippen LogP contribution < -0.4 is 0 Å². The summed E-state index contributed by atoms with van der Waals surface area (Å²) in [7, 11) is 0. The SMILES string of the molecule is CC1=Cc2c(-c3ccccc3)cccc2[CH]1[Zr]([CH3])([CH3])(=[GeH2])[CH]1C(C2CC2)=Cc2c(-c3ccccc3)cccc21.Cl.Cl. The van der Waals surface area contributed by atoms with Gasteiger partial charge in [-0.25, -0.2) is 0 Å². The smallest absolute Gasteiger partial charge is 0.147 e. The van der Waals surface area contributed by atoms with Crippen LogP contribution in [0.1, 0.15) is 49.3 Å². The molecular weight excluding hydrogens is 667 g/mol. The van der Waals surface area contributed by atoms with Gasteiger partial charge in [0.25, 0.3) is 0 Å². The molecule has 0 amide bonds. The zero-order valence-electron chi connectivity index (χ0n) is 23.6. The van der Waals surface area contributed by atoms with E-state index < -0.39 is 15.7 Å². The van der Waals surface area contributed by atoms with Gasteiger partial charge >= 0.3 is 235 Å². The molecule has 7 rings (SSSR count). The van der Waals surface area contributed by atoms with Gasteiger partial charge in [0.2, 0.25) is 0 Å².